The molecule has 0 bridgehead atoms. The normalized spacial score (nSPS) is 11.2. The second-order valence-electron chi connectivity index (χ2n) is 5.48. The Morgan fingerprint density at radius 1 is 0.714 bits per heavy atom. The summed E-state index contributed by atoms with van der Waals surface area (Å²) in [6.07, 6.45) is 6.81. The fourth-order valence-corrected chi connectivity index (χ4v) is 2.19. The van der Waals surface area contributed by atoms with Gasteiger partial charge in [-0.3, -0.25) is 9.59 Å². The molecule has 0 N–H and O–H groups in total. The van der Waals surface area contributed by atoms with Gasteiger partial charge in [-0.25, -0.2) is 0 Å². The number of unbranched alkanes of at least 4 members (excludes halogenated alkanes) is 4. The first-order chi connectivity index (χ1) is 10.1. The zero-order chi connectivity index (χ0) is 16.1. The van der Waals surface area contributed by atoms with Crippen LogP contribution in [0.4, 0.5) is 0 Å². The molecule has 0 saturated carbocycles. The summed E-state index contributed by atoms with van der Waals surface area (Å²) in [5.74, 6) is -0.856. The predicted octanol–water partition coefficient (Wildman–Crippen LogP) is 4.26. The predicted molar refractivity (Wildman–Crippen MR) is 84.0 cm³/mol. The lowest BCUT2D eigenvalue weighted by atomic mass is 9.82. The number of esters is 2. The van der Waals surface area contributed by atoms with Gasteiger partial charge in [0.25, 0.3) is 0 Å². The first-order valence-electron chi connectivity index (χ1n) is 8.43. The number of hydrogen-bond donors (Lipinski definition) is 0. The van der Waals surface area contributed by atoms with Gasteiger partial charge in [0.2, 0.25) is 0 Å². The van der Waals surface area contributed by atoms with E-state index >= 15 is 0 Å². The SMILES string of the molecule is CCCCCCOC(=O)C(CC)(CC)C(=O)OCCCC. The van der Waals surface area contributed by atoms with Gasteiger partial charge in [-0.2, -0.15) is 0 Å². The quantitative estimate of drug-likeness (QED) is 0.307. The molecule has 0 unspecified atom stereocenters. The molecule has 0 aliphatic carbocycles. The minimum atomic E-state index is -1.13. The molecule has 0 fully saturated rings. The van der Waals surface area contributed by atoms with Crippen LogP contribution in [0.5, 0.6) is 0 Å². The molecule has 4 heteroatoms. The van der Waals surface area contributed by atoms with Crippen LogP contribution in [-0.4, -0.2) is 25.2 Å². The summed E-state index contributed by atoms with van der Waals surface area (Å²) in [7, 11) is 0. The number of hydrogen-bond acceptors (Lipinski definition) is 4. The fraction of sp³-hybridized carbons (Fsp3) is 0.882. The van der Waals surface area contributed by atoms with Crippen molar-refractivity contribution >= 4 is 11.9 Å². The topological polar surface area (TPSA) is 52.6 Å². The van der Waals surface area contributed by atoms with Gasteiger partial charge in [0.05, 0.1) is 13.2 Å². The number of carbonyl (C=O) groups excluding carboxylic acids is 2. The van der Waals surface area contributed by atoms with Crippen molar-refractivity contribution in [3.63, 3.8) is 0 Å². The Hall–Kier alpha value is -1.06. The molecule has 0 aromatic rings. The molecule has 0 aliphatic rings. The zero-order valence-corrected chi connectivity index (χ0v) is 14.2. The summed E-state index contributed by atoms with van der Waals surface area (Å²) in [6, 6.07) is 0. The average molecular weight is 300 g/mol. The maximum absolute atomic E-state index is 12.3. The van der Waals surface area contributed by atoms with E-state index in [1.165, 1.54) is 0 Å². The van der Waals surface area contributed by atoms with Crippen LogP contribution in [0.15, 0.2) is 0 Å². The van der Waals surface area contributed by atoms with E-state index < -0.39 is 17.4 Å². The maximum atomic E-state index is 12.3. The van der Waals surface area contributed by atoms with Crippen LogP contribution >= 0.6 is 0 Å². The molecule has 0 aromatic carbocycles. The molecule has 0 aliphatic heterocycles. The second-order valence-corrected chi connectivity index (χ2v) is 5.48. The third-order valence-electron chi connectivity index (χ3n) is 3.95. The van der Waals surface area contributed by atoms with Crippen molar-refractivity contribution in [2.75, 3.05) is 13.2 Å². The molecule has 0 aromatic heterocycles. The molecule has 0 rings (SSSR count). The van der Waals surface area contributed by atoms with Gasteiger partial charge in [-0.05, 0) is 25.7 Å². The Morgan fingerprint density at radius 2 is 1.19 bits per heavy atom. The maximum Gasteiger partial charge on any atom is 0.323 e. The highest BCUT2D eigenvalue weighted by Crippen LogP contribution is 2.30. The first kappa shape index (κ1) is 19.9. The molecule has 0 radical (unpaired) electrons. The standard InChI is InChI=1S/C17H32O4/c1-5-9-11-12-14-21-16(19)17(7-3,8-4)15(18)20-13-10-6-2/h5-14H2,1-4H3. The van der Waals surface area contributed by atoms with E-state index in [2.05, 4.69) is 6.92 Å². The fourth-order valence-electron chi connectivity index (χ4n) is 2.19. The van der Waals surface area contributed by atoms with E-state index in [0.717, 1.165) is 38.5 Å². The van der Waals surface area contributed by atoms with Gasteiger partial charge in [0.1, 0.15) is 0 Å². The van der Waals surface area contributed by atoms with Crippen LogP contribution in [0, 0.1) is 5.41 Å². The van der Waals surface area contributed by atoms with E-state index in [4.69, 9.17) is 9.47 Å². The largest absolute Gasteiger partial charge is 0.465 e. The molecule has 4 nitrogen and oxygen atoms in total. The molecule has 0 amide bonds. The molecular weight excluding hydrogens is 268 g/mol. The van der Waals surface area contributed by atoms with Gasteiger partial charge < -0.3 is 9.47 Å². The van der Waals surface area contributed by atoms with Crippen LogP contribution in [0.25, 0.3) is 0 Å². The third kappa shape index (κ3) is 6.49. The van der Waals surface area contributed by atoms with Gasteiger partial charge >= 0.3 is 11.9 Å². The lowest BCUT2D eigenvalue weighted by Crippen LogP contribution is -2.41. The first-order valence-corrected chi connectivity index (χ1v) is 8.43. The van der Waals surface area contributed by atoms with Crippen LogP contribution in [-0.2, 0) is 19.1 Å². The minimum Gasteiger partial charge on any atom is -0.465 e. The van der Waals surface area contributed by atoms with Crippen molar-refractivity contribution in [2.45, 2.75) is 79.1 Å². The number of ether oxygens (including phenoxy) is 2. The second kappa shape index (κ2) is 11.6. The van der Waals surface area contributed by atoms with Gasteiger partial charge in [0.15, 0.2) is 5.41 Å². The Bertz CT molecular complexity index is 295. The average Bonchev–Trinajstić information content (AvgIpc) is 2.49. The van der Waals surface area contributed by atoms with E-state index in [0.29, 0.717) is 26.1 Å². The summed E-state index contributed by atoms with van der Waals surface area (Å²) in [4.78, 5) is 24.6. The monoisotopic (exact) mass is 300 g/mol. The highest BCUT2D eigenvalue weighted by Gasteiger charge is 2.45. The van der Waals surface area contributed by atoms with Crippen molar-refractivity contribution in [3.8, 4) is 0 Å². The number of rotatable bonds is 12. The summed E-state index contributed by atoms with van der Waals surface area (Å²) >= 11 is 0. The van der Waals surface area contributed by atoms with Gasteiger partial charge in [-0.1, -0.05) is 53.4 Å². The Balaban J connectivity index is 4.47. The van der Waals surface area contributed by atoms with Crippen molar-refractivity contribution in [1.82, 2.24) is 0 Å². The molecule has 0 heterocycles. The Kier molecular flexibility index (Phi) is 11.0. The number of carbonyl (C=O) groups is 2. The van der Waals surface area contributed by atoms with Crippen molar-refractivity contribution in [2.24, 2.45) is 5.41 Å². The molecule has 0 spiro atoms. The molecule has 21 heavy (non-hydrogen) atoms. The highest BCUT2D eigenvalue weighted by molar-refractivity contribution is 5.99. The third-order valence-corrected chi connectivity index (χ3v) is 3.95. The van der Waals surface area contributed by atoms with Crippen molar-refractivity contribution < 1.29 is 19.1 Å². The van der Waals surface area contributed by atoms with Gasteiger partial charge in [-0.15, -0.1) is 0 Å². The van der Waals surface area contributed by atoms with E-state index in [-0.39, 0.29) is 0 Å². The molecule has 0 atom stereocenters. The Labute approximate surface area is 129 Å². The van der Waals surface area contributed by atoms with Crippen molar-refractivity contribution in [3.05, 3.63) is 0 Å². The van der Waals surface area contributed by atoms with Crippen molar-refractivity contribution in [1.29, 1.82) is 0 Å². The van der Waals surface area contributed by atoms with Crippen LogP contribution in [0.1, 0.15) is 79.1 Å². The smallest absolute Gasteiger partial charge is 0.323 e. The Morgan fingerprint density at radius 3 is 1.62 bits per heavy atom. The summed E-state index contributed by atoms with van der Waals surface area (Å²) < 4.78 is 10.6. The van der Waals surface area contributed by atoms with E-state index in [1.54, 1.807) is 0 Å². The van der Waals surface area contributed by atoms with Crippen LogP contribution in [0.2, 0.25) is 0 Å². The summed E-state index contributed by atoms with van der Waals surface area (Å²) in [6.45, 7) is 8.61. The molecular formula is C17H32O4. The summed E-state index contributed by atoms with van der Waals surface area (Å²) in [5, 5.41) is 0. The minimum absolute atomic E-state index is 0.376. The van der Waals surface area contributed by atoms with E-state index in [1.807, 2.05) is 20.8 Å². The lowest BCUT2D eigenvalue weighted by molar-refractivity contribution is -0.173. The zero-order valence-electron chi connectivity index (χ0n) is 14.2. The van der Waals surface area contributed by atoms with Gasteiger partial charge in [0, 0.05) is 0 Å². The lowest BCUT2D eigenvalue weighted by Gasteiger charge is -2.26. The van der Waals surface area contributed by atoms with Crippen LogP contribution < -0.4 is 0 Å². The summed E-state index contributed by atoms with van der Waals surface area (Å²) in [5.41, 5.74) is -1.13. The van der Waals surface area contributed by atoms with E-state index in [9.17, 15) is 9.59 Å². The highest BCUT2D eigenvalue weighted by atomic mass is 16.6. The molecule has 124 valence electrons. The van der Waals surface area contributed by atoms with Crippen LogP contribution in [0.3, 0.4) is 0 Å². The molecule has 0 saturated heterocycles.